The van der Waals surface area contributed by atoms with E-state index in [2.05, 4.69) is 15.8 Å². The Morgan fingerprint density at radius 3 is 2.44 bits per heavy atom. The lowest BCUT2D eigenvalue weighted by atomic mass is 10.2. The van der Waals surface area contributed by atoms with E-state index in [0.29, 0.717) is 27.6 Å². The molecule has 0 aliphatic carbocycles. The number of ether oxygens (including phenoxy) is 2. The topological polar surface area (TPSA) is 106 Å². The van der Waals surface area contributed by atoms with Crippen LogP contribution in [0.15, 0.2) is 77.9 Å². The summed E-state index contributed by atoms with van der Waals surface area (Å²) in [6.45, 7) is 0. The summed E-state index contributed by atoms with van der Waals surface area (Å²) in [5, 5.41) is 6.71. The van der Waals surface area contributed by atoms with Crippen molar-refractivity contribution in [2.75, 3.05) is 12.4 Å². The van der Waals surface area contributed by atoms with E-state index in [1.807, 2.05) is 0 Å². The van der Waals surface area contributed by atoms with Gasteiger partial charge in [-0.15, -0.1) is 0 Å². The Morgan fingerprint density at radius 2 is 1.69 bits per heavy atom. The number of carbonyl (C=O) groups excluding carboxylic acids is 3. The van der Waals surface area contributed by atoms with E-state index in [4.69, 9.17) is 21.1 Å². The van der Waals surface area contributed by atoms with Crippen LogP contribution < -0.4 is 20.2 Å². The van der Waals surface area contributed by atoms with Gasteiger partial charge in [-0.1, -0.05) is 29.8 Å². The quantitative estimate of drug-likeness (QED) is 0.195. The van der Waals surface area contributed by atoms with Crippen LogP contribution in [0, 0.1) is 0 Å². The fourth-order valence-electron chi connectivity index (χ4n) is 2.52. The zero-order chi connectivity index (χ0) is 22.9. The van der Waals surface area contributed by atoms with Gasteiger partial charge in [0, 0.05) is 22.3 Å². The molecule has 0 aliphatic heterocycles. The molecule has 0 bridgehead atoms. The van der Waals surface area contributed by atoms with Crippen LogP contribution in [0.2, 0.25) is 5.02 Å². The minimum atomic E-state index is -0.972. The Hall–Kier alpha value is -4.17. The van der Waals surface area contributed by atoms with Crippen molar-refractivity contribution in [3.8, 4) is 11.5 Å². The van der Waals surface area contributed by atoms with Crippen LogP contribution in [0.4, 0.5) is 5.69 Å². The van der Waals surface area contributed by atoms with Gasteiger partial charge in [-0.3, -0.25) is 9.59 Å². The molecular weight excluding hydrogens is 434 g/mol. The van der Waals surface area contributed by atoms with E-state index >= 15 is 0 Å². The van der Waals surface area contributed by atoms with Crippen molar-refractivity contribution in [3.63, 3.8) is 0 Å². The van der Waals surface area contributed by atoms with Crippen molar-refractivity contribution in [1.29, 1.82) is 0 Å². The highest BCUT2D eigenvalue weighted by molar-refractivity contribution is 6.39. The molecule has 2 N–H and O–H groups in total. The Morgan fingerprint density at radius 1 is 0.938 bits per heavy atom. The fourth-order valence-corrected chi connectivity index (χ4v) is 2.65. The van der Waals surface area contributed by atoms with E-state index in [1.165, 1.54) is 13.3 Å². The molecular formula is C23H18ClN3O5. The Labute approximate surface area is 188 Å². The molecule has 0 radical (unpaired) electrons. The van der Waals surface area contributed by atoms with Gasteiger partial charge >= 0.3 is 17.8 Å². The maximum atomic E-state index is 12.3. The first-order chi connectivity index (χ1) is 15.5. The summed E-state index contributed by atoms with van der Waals surface area (Å²) >= 11 is 5.83. The molecule has 0 unspecified atom stereocenters. The van der Waals surface area contributed by atoms with Crippen LogP contribution in [-0.4, -0.2) is 31.1 Å². The average Bonchev–Trinajstić information content (AvgIpc) is 2.80. The number of rotatable bonds is 6. The SMILES string of the molecule is COc1cccc(NC(=O)C(=O)N/N=C/c2ccccc2OC(=O)c2ccc(Cl)cc2)c1. The lowest BCUT2D eigenvalue weighted by Gasteiger charge is -2.07. The Balaban J connectivity index is 1.61. The number of esters is 1. The Bertz CT molecular complexity index is 1160. The second-order valence-electron chi connectivity index (χ2n) is 6.32. The van der Waals surface area contributed by atoms with Gasteiger partial charge < -0.3 is 14.8 Å². The van der Waals surface area contributed by atoms with Gasteiger partial charge in [-0.25, -0.2) is 10.2 Å². The normalized spacial score (nSPS) is 10.4. The summed E-state index contributed by atoms with van der Waals surface area (Å²) in [5.41, 5.74) is 3.27. The van der Waals surface area contributed by atoms with Gasteiger partial charge in [0.15, 0.2) is 0 Å². The number of hydrazone groups is 1. The third-order valence-electron chi connectivity index (χ3n) is 4.11. The molecule has 0 aliphatic rings. The molecule has 32 heavy (non-hydrogen) atoms. The zero-order valence-electron chi connectivity index (χ0n) is 16.9. The molecule has 0 aromatic heterocycles. The summed E-state index contributed by atoms with van der Waals surface area (Å²) in [6, 6.07) is 19.4. The molecule has 3 aromatic carbocycles. The van der Waals surface area contributed by atoms with Crippen molar-refractivity contribution in [1.82, 2.24) is 5.43 Å². The van der Waals surface area contributed by atoms with E-state index in [-0.39, 0.29) is 5.75 Å². The van der Waals surface area contributed by atoms with Crippen LogP contribution in [0.25, 0.3) is 0 Å². The minimum absolute atomic E-state index is 0.228. The predicted octanol–water partition coefficient (Wildman–Crippen LogP) is 3.66. The van der Waals surface area contributed by atoms with Gasteiger partial charge in [0.25, 0.3) is 0 Å². The smallest absolute Gasteiger partial charge is 0.343 e. The molecule has 0 heterocycles. The molecule has 3 aromatic rings. The summed E-state index contributed by atoms with van der Waals surface area (Å²) in [4.78, 5) is 36.4. The molecule has 0 atom stereocenters. The third kappa shape index (κ3) is 6.16. The van der Waals surface area contributed by atoms with Gasteiger partial charge in [0.1, 0.15) is 11.5 Å². The highest BCUT2D eigenvalue weighted by Gasteiger charge is 2.14. The first-order valence-corrected chi connectivity index (χ1v) is 9.69. The number of hydrogen-bond acceptors (Lipinski definition) is 6. The van der Waals surface area contributed by atoms with Gasteiger partial charge in [-0.05, 0) is 48.5 Å². The monoisotopic (exact) mass is 451 g/mol. The highest BCUT2D eigenvalue weighted by atomic mass is 35.5. The van der Waals surface area contributed by atoms with E-state index < -0.39 is 17.8 Å². The lowest BCUT2D eigenvalue weighted by Crippen LogP contribution is -2.32. The molecule has 0 fully saturated rings. The molecule has 9 heteroatoms. The molecule has 3 rings (SSSR count). The summed E-state index contributed by atoms with van der Waals surface area (Å²) in [7, 11) is 1.49. The maximum Gasteiger partial charge on any atom is 0.343 e. The molecule has 0 saturated heterocycles. The fraction of sp³-hybridized carbons (Fsp3) is 0.0435. The number of para-hydroxylation sites is 1. The third-order valence-corrected chi connectivity index (χ3v) is 4.36. The van der Waals surface area contributed by atoms with Crippen molar-refractivity contribution < 1.29 is 23.9 Å². The molecule has 162 valence electrons. The van der Waals surface area contributed by atoms with Crippen LogP contribution in [-0.2, 0) is 9.59 Å². The first-order valence-electron chi connectivity index (χ1n) is 9.31. The lowest BCUT2D eigenvalue weighted by molar-refractivity contribution is -0.136. The van der Waals surface area contributed by atoms with E-state index in [9.17, 15) is 14.4 Å². The number of hydrogen-bond donors (Lipinski definition) is 2. The summed E-state index contributed by atoms with van der Waals surface area (Å²) < 4.78 is 10.5. The van der Waals surface area contributed by atoms with Crippen LogP contribution in [0.3, 0.4) is 0 Å². The highest BCUT2D eigenvalue weighted by Crippen LogP contribution is 2.19. The van der Waals surface area contributed by atoms with Crippen molar-refractivity contribution in [2.45, 2.75) is 0 Å². The maximum absolute atomic E-state index is 12.3. The van der Waals surface area contributed by atoms with Gasteiger partial charge in [-0.2, -0.15) is 5.10 Å². The van der Waals surface area contributed by atoms with E-state index in [1.54, 1.807) is 72.8 Å². The molecule has 0 spiro atoms. The van der Waals surface area contributed by atoms with Crippen LogP contribution >= 0.6 is 11.6 Å². The standard InChI is InChI=1S/C23H18ClN3O5/c1-31-19-7-4-6-18(13-19)26-21(28)22(29)27-25-14-16-5-2-3-8-20(16)32-23(30)15-9-11-17(24)12-10-15/h2-14H,1H3,(H,26,28)(H,27,29)/b25-14+. The number of nitrogens with zero attached hydrogens (tertiary/aromatic N) is 1. The van der Waals surface area contributed by atoms with Crippen LogP contribution in [0.5, 0.6) is 11.5 Å². The predicted molar refractivity (Wildman–Crippen MR) is 120 cm³/mol. The van der Waals surface area contributed by atoms with Crippen molar-refractivity contribution in [3.05, 3.63) is 88.9 Å². The van der Waals surface area contributed by atoms with Crippen molar-refractivity contribution >= 4 is 41.3 Å². The largest absolute Gasteiger partial charge is 0.497 e. The number of carbonyl (C=O) groups is 3. The van der Waals surface area contributed by atoms with Crippen LogP contribution in [0.1, 0.15) is 15.9 Å². The first kappa shape index (κ1) is 22.5. The summed E-state index contributed by atoms with van der Waals surface area (Å²) in [5.74, 6) is -1.70. The van der Waals surface area contributed by atoms with E-state index in [0.717, 1.165) is 0 Å². The molecule has 0 saturated carbocycles. The second kappa shape index (κ2) is 10.7. The minimum Gasteiger partial charge on any atom is -0.497 e. The molecule has 8 nitrogen and oxygen atoms in total. The molecule has 2 amide bonds. The summed E-state index contributed by atoms with van der Waals surface area (Å²) in [6.07, 6.45) is 1.27. The number of halogens is 1. The second-order valence-corrected chi connectivity index (χ2v) is 6.76. The van der Waals surface area contributed by atoms with Crippen molar-refractivity contribution in [2.24, 2.45) is 5.10 Å². The number of anilines is 1. The number of amides is 2. The zero-order valence-corrected chi connectivity index (χ0v) is 17.6. The average molecular weight is 452 g/mol. The number of nitrogens with one attached hydrogen (secondary N) is 2. The van der Waals surface area contributed by atoms with Gasteiger partial charge in [0.05, 0.1) is 18.9 Å². The Kier molecular flexibility index (Phi) is 7.55. The number of benzene rings is 3. The van der Waals surface area contributed by atoms with Gasteiger partial charge in [0.2, 0.25) is 0 Å². The number of methoxy groups -OCH3 is 1.